The number of amides is 2. The topological polar surface area (TPSA) is 116 Å². The number of carbonyl (C=O) groups excluding carboxylic acids is 3. The number of ether oxygens (including phenoxy) is 2. The minimum absolute atomic E-state index is 0.00495. The van der Waals surface area contributed by atoms with Crippen LogP contribution in [0.15, 0.2) is 51.8 Å². The quantitative estimate of drug-likeness (QED) is 0.202. The number of nitro benzene ring substituents is 1. The first kappa shape index (κ1) is 24.5. The molecule has 172 valence electrons. The van der Waals surface area contributed by atoms with E-state index in [9.17, 15) is 24.5 Å². The molecule has 3 rings (SSSR count). The smallest absolute Gasteiger partial charge is 0.329 e. The molecule has 0 unspecified atom stereocenters. The highest BCUT2D eigenvalue weighted by Crippen LogP contribution is 2.35. The molecule has 1 fully saturated rings. The molecule has 0 saturated carbocycles. The number of thioether (sulfide) groups is 1. The van der Waals surface area contributed by atoms with Gasteiger partial charge in [0.2, 0.25) is 0 Å². The third-order valence-corrected chi connectivity index (χ3v) is 6.14. The lowest BCUT2D eigenvalue weighted by Crippen LogP contribution is -2.42. The Labute approximate surface area is 202 Å². The predicted octanol–water partition coefficient (Wildman–Crippen LogP) is 4.92. The zero-order chi connectivity index (χ0) is 24.1. The Hall–Kier alpha value is -3.18. The summed E-state index contributed by atoms with van der Waals surface area (Å²) < 4.78 is 11.3. The van der Waals surface area contributed by atoms with Gasteiger partial charge in [0, 0.05) is 12.1 Å². The molecule has 1 atom stereocenters. The minimum atomic E-state index is -1.01. The summed E-state index contributed by atoms with van der Waals surface area (Å²) in [5.74, 6) is -0.659. The molecule has 0 aliphatic carbocycles. The SMILES string of the molecule is CCOC(=O)[C@H](C)N1C(=O)S/C(=C/c2ccc(OCc3ccc([N+](=O)[O-])cc3)c(Br)c2)C1=O. The number of nitrogens with zero attached hydrogens (tertiary/aromatic N) is 2. The van der Waals surface area contributed by atoms with Gasteiger partial charge in [-0.1, -0.05) is 6.07 Å². The second-order valence-electron chi connectivity index (χ2n) is 6.88. The maximum absolute atomic E-state index is 12.7. The summed E-state index contributed by atoms with van der Waals surface area (Å²) >= 11 is 4.18. The van der Waals surface area contributed by atoms with Crippen LogP contribution in [0.4, 0.5) is 10.5 Å². The molecule has 1 aliphatic heterocycles. The molecule has 1 saturated heterocycles. The van der Waals surface area contributed by atoms with E-state index in [0.29, 0.717) is 15.8 Å². The standard InChI is InChI=1S/C22H19BrN2O7S/c1-3-31-21(27)13(2)24-20(26)19(33-22(24)28)11-15-6-9-18(17(23)10-15)32-12-14-4-7-16(8-5-14)25(29)30/h4-11,13H,3,12H2,1-2H3/b19-11+/t13-/m0/s1. The van der Waals surface area contributed by atoms with Crippen molar-refractivity contribution in [1.82, 2.24) is 4.90 Å². The van der Waals surface area contributed by atoms with Crippen LogP contribution in [-0.4, -0.2) is 39.6 Å². The van der Waals surface area contributed by atoms with Crippen molar-refractivity contribution in [3.05, 3.63) is 73.1 Å². The van der Waals surface area contributed by atoms with E-state index in [0.717, 1.165) is 22.2 Å². The van der Waals surface area contributed by atoms with Crippen molar-refractivity contribution in [1.29, 1.82) is 0 Å². The Balaban J connectivity index is 1.69. The van der Waals surface area contributed by atoms with Gasteiger partial charge in [-0.15, -0.1) is 0 Å². The van der Waals surface area contributed by atoms with E-state index in [2.05, 4.69) is 15.9 Å². The Morgan fingerprint density at radius 3 is 2.55 bits per heavy atom. The van der Waals surface area contributed by atoms with Crippen molar-refractivity contribution in [2.24, 2.45) is 0 Å². The molecule has 9 nitrogen and oxygen atoms in total. The molecule has 0 bridgehead atoms. The third-order valence-electron chi connectivity index (χ3n) is 4.63. The number of nitro groups is 1. The van der Waals surface area contributed by atoms with Crippen molar-refractivity contribution >= 4 is 56.6 Å². The fourth-order valence-corrected chi connectivity index (χ4v) is 4.35. The molecule has 1 aliphatic rings. The van der Waals surface area contributed by atoms with Gasteiger partial charge >= 0.3 is 5.97 Å². The molecule has 2 aromatic carbocycles. The van der Waals surface area contributed by atoms with Crippen LogP contribution in [-0.2, 0) is 20.9 Å². The number of hydrogen-bond donors (Lipinski definition) is 0. The fraction of sp³-hybridized carbons (Fsp3) is 0.227. The van der Waals surface area contributed by atoms with E-state index in [-0.39, 0.29) is 23.8 Å². The highest BCUT2D eigenvalue weighted by molar-refractivity contribution is 9.10. The maximum atomic E-state index is 12.7. The number of halogens is 1. The number of esters is 1. The van der Waals surface area contributed by atoms with Gasteiger partial charge in [0.1, 0.15) is 18.4 Å². The van der Waals surface area contributed by atoms with Crippen LogP contribution in [0, 0.1) is 10.1 Å². The number of rotatable bonds is 8. The molecule has 11 heteroatoms. The Morgan fingerprint density at radius 2 is 1.94 bits per heavy atom. The summed E-state index contributed by atoms with van der Waals surface area (Å²) in [7, 11) is 0. The van der Waals surface area contributed by atoms with Crippen molar-refractivity contribution in [2.75, 3.05) is 6.61 Å². The fourth-order valence-electron chi connectivity index (χ4n) is 2.93. The summed E-state index contributed by atoms with van der Waals surface area (Å²) in [4.78, 5) is 48.3. The van der Waals surface area contributed by atoms with Gasteiger partial charge < -0.3 is 9.47 Å². The van der Waals surface area contributed by atoms with Crippen LogP contribution < -0.4 is 4.74 Å². The number of hydrogen-bond acceptors (Lipinski definition) is 8. The highest BCUT2D eigenvalue weighted by atomic mass is 79.9. The maximum Gasteiger partial charge on any atom is 0.329 e. The van der Waals surface area contributed by atoms with Gasteiger partial charge in [0.05, 0.1) is 20.9 Å². The predicted molar refractivity (Wildman–Crippen MR) is 125 cm³/mol. The van der Waals surface area contributed by atoms with Gasteiger partial charge in [0.25, 0.3) is 16.8 Å². The minimum Gasteiger partial charge on any atom is -0.488 e. The van der Waals surface area contributed by atoms with E-state index in [1.54, 1.807) is 43.3 Å². The van der Waals surface area contributed by atoms with Crippen LogP contribution in [0.3, 0.4) is 0 Å². The molecule has 33 heavy (non-hydrogen) atoms. The van der Waals surface area contributed by atoms with Crippen molar-refractivity contribution in [2.45, 2.75) is 26.5 Å². The Kier molecular flexibility index (Phi) is 7.88. The van der Waals surface area contributed by atoms with E-state index in [4.69, 9.17) is 9.47 Å². The molecular formula is C22H19BrN2O7S. The molecule has 0 radical (unpaired) electrons. The highest BCUT2D eigenvalue weighted by Gasteiger charge is 2.41. The number of benzene rings is 2. The van der Waals surface area contributed by atoms with Gasteiger partial charge in [0.15, 0.2) is 0 Å². The zero-order valence-corrected chi connectivity index (χ0v) is 20.1. The second kappa shape index (κ2) is 10.6. The molecule has 1 heterocycles. The first-order chi connectivity index (χ1) is 15.7. The number of imide groups is 1. The lowest BCUT2D eigenvalue weighted by Gasteiger charge is -2.19. The molecule has 2 amide bonds. The van der Waals surface area contributed by atoms with Crippen LogP contribution >= 0.6 is 27.7 Å². The van der Waals surface area contributed by atoms with Gasteiger partial charge in [-0.3, -0.25) is 24.6 Å². The van der Waals surface area contributed by atoms with Crippen LogP contribution in [0.25, 0.3) is 6.08 Å². The Morgan fingerprint density at radius 1 is 1.24 bits per heavy atom. The summed E-state index contributed by atoms with van der Waals surface area (Å²) in [6, 6.07) is 10.2. The van der Waals surface area contributed by atoms with Crippen LogP contribution in [0.5, 0.6) is 5.75 Å². The zero-order valence-electron chi connectivity index (χ0n) is 17.6. The Bertz CT molecular complexity index is 1130. The van der Waals surface area contributed by atoms with E-state index >= 15 is 0 Å². The summed E-state index contributed by atoms with van der Waals surface area (Å²) in [5, 5.41) is 10.2. The monoisotopic (exact) mass is 534 g/mol. The van der Waals surface area contributed by atoms with Gasteiger partial charge in [-0.05, 0) is 83.0 Å². The number of carbonyl (C=O) groups is 3. The van der Waals surface area contributed by atoms with Crippen molar-refractivity contribution in [3.8, 4) is 5.75 Å². The average Bonchev–Trinajstić information content (AvgIpc) is 3.05. The summed E-state index contributed by atoms with van der Waals surface area (Å²) in [6.07, 6.45) is 1.56. The summed E-state index contributed by atoms with van der Waals surface area (Å²) in [6.45, 7) is 3.46. The molecular weight excluding hydrogens is 516 g/mol. The van der Waals surface area contributed by atoms with E-state index in [1.165, 1.54) is 19.1 Å². The van der Waals surface area contributed by atoms with Crippen molar-refractivity contribution in [3.63, 3.8) is 0 Å². The second-order valence-corrected chi connectivity index (χ2v) is 8.73. The number of non-ortho nitro benzene ring substituents is 1. The largest absolute Gasteiger partial charge is 0.488 e. The molecule has 0 N–H and O–H groups in total. The lowest BCUT2D eigenvalue weighted by molar-refractivity contribution is -0.384. The van der Waals surface area contributed by atoms with Crippen LogP contribution in [0.2, 0.25) is 0 Å². The summed E-state index contributed by atoms with van der Waals surface area (Å²) in [5.41, 5.74) is 1.42. The molecule has 2 aromatic rings. The molecule has 0 aromatic heterocycles. The van der Waals surface area contributed by atoms with E-state index in [1.807, 2.05) is 0 Å². The first-order valence-electron chi connectivity index (χ1n) is 9.80. The first-order valence-corrected chi connectivity index (χ1v) is 11.4. The van der Waals surface area contributed by atoms with Gasteiger partial charge in [-0.25, -0.2) is 4.79 Å². The van der Waals surface area contributed by atoms with Gasteiger partial charge in [-0.2, -0.15) is 0 Å². The normalized spacial score (nSPS) is 15.6. The third kappa shape index (κ3) is 5.79. The molecule has 0 spiro atoms. The average molecular weight is 535 g/mol. The van der Waals surface area contributed by atoms with Crippen LogP contribution in [0.1, 0.15) is 25.0 Å². The van der Waals surface area contributed by atoms with Crippen molar-refractivity contribution < 1.29 is 28.8 Å². The lowest BCUT2D eigenvalue weighted by atomic mass is 10.2. The van der Waals surface area contributed by atoms with E-state index < -0.39 is 28.1 Å².